The van der Waals surface area contributed by atoms with Gasteiger partial charge in [0.2, 0.25) is 5.91 Å². The Kier molecular flexibility index (Phi) is 2.33. The van der Waals surface area contributed by atoms with Crippen molar-refractivity contribution in [3.8, 4) is 6.07 Å². The Morgan fingerprint density at radius 3 is 3.07 bits per heavy atom. The molecule has 4 heteroatoms. The van der Waals surface area contributed by atoms with Crippen LogP contribution in [0.1, 0.15) is 11.3 Å². The standard InChI is InChI=1S/C10H8N2OS/c11-6-7-3-4-8(12-10(7)13)9-2-1-5-14-9/h1-2,4-5,7H,3H2,(H,12,13)/t7-/m0/s1. The minimum absolute atomic E-state index is 0.196. The molecule has 1 atom stereocenters. The molecule has 70 valence electrons. The number of hydrogen-bond acceptors (Lipinski definition) is 3. The first-order valence-corrected chi connectivity index (χ1v) is 5.14. The lowest BCUT2D eigenvalue weighted by Gasteiger charge is -2.16. The van der Waals surface area contributed by atoms with Crippen LogP contribution in [-0.2, 0) is 4.79 Å². The molecule has 1 aromatic heterocycles. The summed E-state index contributed by atoms with van der Waals surface area (Å²) in [5.41, 5.74) is 0.830. The molecule has 0 spiro atoms. The van der Waals surface area contributed by atoms with Crippen LogP contribution in [0, 0.1) is 17.2 Å². The normalized spacial score (nSPS) is 20.9. The van der Waals surface area contributed by atoms with Gasteiger partial charge in [-0.15, -0.1) is 11.3 Å². The molecule has 1 aliphatic heterocycles. The first-order valence-electron chi connectivity index (χ1n) is 4.26. The van der Waals surface area contributed by atoms with E-state index in [1.165, 1.54) is 0 Å². The van der Waals surface area contributed by atoms with E-state index in [0.29, 0.717) is 6.42 Å². The quantitative estimate of drug-likeness (QED) is 0.757. The van der Waals surface area contributed by atoms with E-state index in [1.54, 1.807) is 11.3 Å². The average Bonchev–Trinajstić information content (AvgIpc) is 2.70. The molecule has 2 rings (SSSR count). The fraction of sp³-hybridized carbons (Fsp3) is 0.200. The molecule has 1 aliphatic rings. The number of nitrogens with one attached hydrogen (secondary N) is 1. The van der Waals surface area contributed by atoms with E-state index in [-0.39, 0.29) is 5.91 Å². The van der Waals surface area contributed by atoms with E-state index in [0.717, 1.165) is 10.6 Å². The maximum Gasteiger partial charge on any atom is 0.242 e. The Labute approximate surface area is 85.7 Å². The van der Waals surface area contributed by atoms with Gasteiger partial charge in [-0.2, -0.15) is 5.26 Å². The van der Waals surface area contributed by atoms with Crippen molar-refractivity contribution in [2.75, 3.05) is 0 Å². The van der Waals surface area contributed by atoms with Crippen LogP contribution >= 0.6 is 11.3 Å². The van der Waals surface area contributed by atoms with Crippen LogP contribution in [0.3, 0.4) is 0 Å². The van der Waals surface area contributed by atoms with Crippen molar-refractivity contribution in [3.05, 3.63) is 28.5 Å². The lowest BCUT2D eigenvalue weighted by molar-refractivity contribution is -0.122. The van der Waals surface area contributed by atoms with E-state index in [9.17, 15) is 4.79 Å². The van der Waals surface area contributed by atoms with Gasteiger partial charge in [-0.1, -0.05) is 12.1 Å². The fourth-order valence-electron chi connectivity index (χ4n) is 1.32. The van der Waals surface area contributed by atoms with Crippen molar-refractivity contribution < 1.29 is 4.79 Å². The molecule has 1 amide bonds. The molecule has 0 radical (unpaired) electrons. The molecule has 0 bridgehead atoms. The van der Waals surface area contributed by atoms with Gasteiger partial charge in [-0.05, 0) is 17.9 Å². The van der Waals surface area contributed by atoms with E-state index < -0.39 is 5.92 Å². The molecular formula is C10H8N2OS. The molecular weight excluding hydrogens is 196 g/mol. The average molecular weight is 204 g/mol. The minimum Gasteiger partial charge on any atom is -0.324 e. The van der Waals surface area contributed by atoms with Crippen LogP contribution in [0.5, 0.6) is 0 Å². The zero-order valence-electron chi connectivity index (χ0n) is 7.36. The second-order valence-corrected chi connectivity index (χ2v) is 3.95. The number of nitrogens with zero attached hydrogens (tertiary/aromatic N) is 1. The summed E-state index contributed by atoms with van der Waals surface area (Å²) >= 11 is 1.57. The highest BCUT2D eigenvalue weighted by atomic mass is 32.1. The molecule has 0 unspecified atom stereocenters. The van der Waals surface area contributed by atoms with Crippen molar-refractivity contribution in [2.45, 2.75) is 6.42 Å². The Bertz CT molecular complexity index is 414. The molecule has 14 heavy (non-hydrogen) atoms. The smallest absolute Gasteiger partial charge is 0.242 e. The van der Waals surface area contributed by atoms with Crippen molar-refractivity contribution in [1.82, 2.24) is 5.32 Å². The van der Waals surface area contributed by atoms with Crippen molar-refractivity contribution in [1.29, 1.82) is 5.26 Å². The first kappa shape index (κ1) is 8.97. The van der Waals surface area contributed by atoms with Crippen molar-refractivity contribution >= 4 is 22.9 Å². The summed E-state index contributed by atoms with van der Waals surface area (Å²) in [5, 5.41) is 13.3. The van der Waals surface area contributed by atoms with Gasteiger partial charge in [0.1, 0.15) is 5.92 Å². The van der Waals surface area contributed by atoms with E-state index in [4.69, 9.17) is 5.26 Å². The van der Waals surface area contributed by atoms with Gasteiger partial charge in [-0.25, -0.2) is 0 Å². The van der Waals surface area contributed by atoms with Crippen LogP contribution in [0.15, 0.2) is 23.6 Å². The van der Waals surface area contributed by atoms with Crippen LogP contribution in [-0.4, -0.2) is 5.91 Å². The molecule has 0 aliphatic carbocycles. The van der Waals surface area contributed by atoms with Gasteiger partial charge in [0.15, 0.2) is 0 Å². The van der Waals surface area contributed by atoms with Crippen LogP contribution < -0.4 is 5.32 Å². The Hall–Kier alpha value is -1.60. The van der Waals surface area contributed by atoms with Gasteiger partial charge >= 0.3 is 0 Å². The summed E-state index contributed by atoms with van der Waals surface area (Å²) in [5.74, 6) is -0.725. The Morgan fingerprint density at radius 1 is 1.64 bits per heavy atom. The largest absolute Gasteiger partial charge is 0.324 e. The second kappa shape index (κ2) is 3.64. The Morgan fingerprint density at radius 2 is 2.50 bits per heavy atom. The number of amides is 1. The third-order valence-electron chi connectivity index (χ3n) is 2.07. The molecule has 1 N–H and O–H groups in total. The maximum absolute atomic E-state index is 11.4. The van der Waals surface area contributed by atoms with Crippen LogP contribution in [0.2, 0.25) is 0 Å². The molecule has 0 aromatic carbocycles. The summed E-state index contributed by atoms with van der Waals surface area (Å²) in [6.45, 7) is 0. The maximum atomic E-state index is 11.4. The number of hydrogen-bond donors (Lipinski definition) is 1. The summed E-state index contributed by atoms with van der Waals surface area (Å²) in [4.78, 5) is 12.4. The minimum atomic E-state index is -0.529. The number of allylic oxidation sites excluding steroid dienone is 1. The van der Waals surface area contributed by atoms with Crippen LogP contribution in [0.25, 0.3) is 5.70 Å². The van der Waals surface area contributed by atoms with Gasteiger partial charge < -0.3 is 5.32 Å². The summed E-state index contributed by atoms with van der Waals surface area (Å²) in [7, 11) is 0. The molecule has 3 nitrogen and oxygen atoms in total. The van der Waals surface area contributed by atoms with Gasteiger partial charge in [0.05, 0.1) is 16.6 Å². The van der Waals surface area contributed by atoms with Gasteiger partial charge in [0.25, 0.3) is 0 Å². The number of carbonyl (C=O) groups is 1. The molecule has 2 heterocycles. The Balaban J connectivity index is 2.23. The number of nitriles is 1. The fourth-order valence-corrected chi connectivity index (χ4v) is 2.04. The lowest BCUT2D eigenvalue weighted by atomic mass is 10.0. The zero-order valence-corrected chi connectivity index (χ0v) is 8.17. The summed E-state index contributed by atoms with van der Waals surface area (Å²) < 4.78 is 0. The highest BCUT2D eigenvalue weighted by Gasteiger charge is 2.22. The number of carbonyl (C=O) groups excluding carboxylic acids is 1. The number of rotatable bonds is 1. The molecule has 0 fully saturated rings. The second-order valence-electron chi connectivity index (χ2n) is 3.00. The molecule has 0 saturated carbocycles. The van der Waals surface area contributed by atoms with Crippen molar-refractivity contribution in [2.24, 2.45) is 5.92 Å². The van der Waals surface area contributed by atoms with Crippen LogP contribution in [0.4, 0.5) is 0 Å². The zero-order chi connectivity index (χ0) is 9.97. The molecule has 1 aromatic rings. The van der Waals surface area contributed by atoms with Crippen molar-refractivity contribution in [3.63, 3.8) is 0 Å². The predicted molar refractivity (Wildman–Crippen MR) is 54.2 cm³/mol. The van der Waals surface area contributed by atoms with E-state index in [1.807, 2.05) is 29.7 Å². The third kappa shape index (κ3) is 1.54. The van der Waals surface area contributed by atoms with Gasteiger partial charge in [0, 0.05) is 0 Å². The van der Waals surface area contributed by atoms with E-state index >= 15 is 0 Å². The lowest BCUT2D eigenvalue weighted by Crippen LogP contribution is -2.31. The molecule has 0 saturated heterocycles. The SMILES string of the molecule is N#C[C@@H]1CC=C(c2cccs2)NC1=O. The monoisotopic (exact) mass is 204 g/mol. The summed E-state index contributed by atoms with van der Waals surface area (Å²) in [6, 6.07) is 5.85. The van der Waals surface area contributed by atoms with Gasteiger partial charge in [-0.3, -0.25) is 4.79 Å². The number of thiophene rings is 1. The topological polar surface area (TPSA) is 52.9 Å². The third-order valence-corrected chi connectivity index (χ3v) is 2.98. The highest BCUT2D eigenvalue weighted by molar-refractivity contribution is 7.11. The predicted octanol–water partition coefficient (Wildman–Crippen LogP) is 1.75. The highest BCUT2D eigenvalue weighted by Crippen LogP contribution is 2.23. The summed E-state index contributed by atoms with van der Waals surface area (Å²) in [6.07, 6.45) is 2.41. The first-order chi connectivity index (χ1) is 6.81. The van der Waals surface area contributed by atoms with E-state index in [2.05, 4.69) is 5.32 Å².